The second kappa shape index (κ2) is 11.7. The minimum absolute atomic E-state index is 0.0590. The first-order valence-electron chi connectivity index (χ1n) is 12.1. The van der Waals surface area contributed by atoms with Crippen molar-refractivity contribution in [2.45, 2.75) is 29.8 Å². The molecule has 0 atom stereocenters. The van der Waals surface area contributed by atoms with Crippen molar-refractivity contribution in [3.63, 3.8) is 0 Å². The molecule has 1 amide bonds. The largest absolute Gasteiger partial charge is 0.417 e. The molecule has 0 aliphatic rings. The predicted molar refractivity (Wildman–Crippen MR) is 155 cm³/mol. The average molecular weight is 638 g/mol. The van der Waals surface area contributed by atoms with Crippen molar-refractivity contribution in [3.05, 3.63) is 112 Å². The molecule has 0 unspecified atom stereocenters. The summed E-state index contributed by atoms with van der Waals surface area (Å²) in [6.07, 6.45) is -4.78. The number of carbonyl (C=O) groups excluding carboxylic acids is 1. The Morgan fingerprint density at radius 3 is 1.88 bits per heavy atom. The van der Waals surface area contributed by atoms with E-state index in [0.717, 1.165) is 29.8 Å². The Labute approximate surface area is 245 Å². The molecule has 0 saturated heterocycles. The molecule has 220 valence electrons. The van der Waals surface area contributed by atoms with Crippen LogP contribution in [0, 0.1) is 13.8 Å². The summed E-state index contributed by atoms with van der Waals surface area (Å²) in [5.41, 5.74) is 0.311. The number of halogens is 4. The van der Waals surface area contributed by atoms with Gasteiger partial charge in [0.15, 0.2) is 0 Å². The first-order valence-corrected chi connectivity index (χ1v) is 15.4. The Morgan fingerprint density at radius 1 is 0.738 bits per heavy atom. The molecular formula is C28H23ClF3N3O5S2. The molecule has 42 heavy (non-hydrogen) atoms. The Kier molecular flexibility index (Phi) is 8.58. The Morgan fingerprint density at radius 2 is 1.29 bits per heavy atom. The third-order valence-corrected chi connectivity index (χ3v) is 9.21. The summed E-state index contributed by atoms with van der Waals surface area (Å²) in [7, 11) is -8.19. The van der Waals surface area contributed by atoms with E-state index in [9.17, 15) is 34.8 Å². The number of benzene rings is 4. The predicted octanol–water partition coefficient (Wildman–Crippen LogP) is 6.83. The lowest BCUT2D eigenvalue weighted by Crippen LogP contribution is -2.17. The van der Waals surface area contributed by atoms with Gasteiger partial charge in [-0.05, 0) is 86.1 Å². The lowest BCUT2D eigenvalue weighted by atomic mass is 10.1. The second-order valence-corrected chi connectivity index (χ2v) is 12.9. The molecule has 14 heteroatoms. The van der Waals surface area contributed by atoms with E-state index in [-0.39, 0.29) is 32.4 Å². The van der Waals surface area contributed by atoms with Crippen molar-refractivity contribution >= 4 is 54.6 Å². The third-order valence-electron chi connectivity index (χ3n) is 6.10. The molecule has 0 spiro atoms. The maximum atomic E-state index is 13.1. The highest BCUT2D eigenvalue weighted by atomic mass is 35.5. The van der Waals surface area contributed by atoms with Gasteiger partial charge in [0.1, 0.15) is 0 Å². The maximum Gasteiger partial charge on any atom is 0.417 e. The fourth-order valence-electron chi connectivity index (χ4n) is 3.85. The molecule has 3 N–H and O–H groups in total. The highest BCUT2D eigenvalue weighted by Gasteiger charge is 2.33. The SMILES string of the molecule is Cc1ccc(S(=O)(=O)Nc2cccc(C(=O)Nc3ccc(S(=O)(=O)Nc4ccc(Cl)c(C(F)(F)F)c4)cc3)c2C)cc1. The molecule has 4 rings (SSSR count). The molecule has 0 aromatic heterocycles. The molecule has 0 saturated carbocycles. The number of hydrogen-bond donors (Lipinski definition) is 3. The number of nitrogens with one attached hydrogen (secondary N) is 3. The summed E-state index contributed by atoms with van der Waals surface area (Å²) in [4.78, 5) is 12.8. The van der Waals surface area contributed by atoms with Crippen molar-refractivity contribution in [2.75, 3.05) is 14.8 Å². The van der Waals surface area contributed by atoms with Crippen LogP contribution in [-0.4, -0.2) is 22.7 Å². The molecule has 4 aromatic rings. The van der Waals surface area contributed by atoms with E-state index in [2.05, 4.69) is 14.8 Å². The molecule has 0 fully saturated rings. The highest BCUT2D eigenvalue weighted by Crippen LogP contribution is 2.36. The van der Waals surface area contributed by atoms with Crippen LogP contribution in [0.3, 0.4) is 0 Å². The number of hydrogen-bond acceptors (Lipinski definition) is 5. The van der Waals surface area contributed by atoms with E-state index in [1.54, 1.807) is 19.1 Å². The van der Waals surface area contributed by atoms with Gasteiger partial charge < -0.3 is 5.32 Å². The smallest absolute Gasteiger partial charge is 0.322 e. The van der Waals surface area contributed by atoms with Crippen LogP contribution in [0.4, 0.5) is 30.2 Å². The van der Waals surface area contributed by atoms with Crippen LogP contribution < -0.4 is 14.8 Å². The number of sulfonamides is 2. The number of anilines is 3. The standard InChI is InChI=1S/C28H23ClF3N3O5S2/c1-17-6-11-21(12-7-17)42(39,40)35-26-5-3-4-23(18(26)2)27(36)33-19-8-13-22(14-9-19)41(37,38)34-20-10-15-25(29)24(16-20)28(30,31)32/h3-16,34-35H,1-2H3,(H,33,36). The number of amides is 1. The first-order chi connectivity index (χ1) is 19.6. The zero-order valence-electron chi connectivity index (χ0n) is 22.0. The van der Waals surface area contributed by atoms with E-state index in [0.29, 0.717) is 11.6 Å². The van der Waals surface area contributed by atoms with E-state index in [1.165, 1.54) is 42.5 Å². The van der Waals surface area contributed by atoms with Crippen LogP contribution in [0.15, 0.2) is 94.7 Å². The van der Waals surface area contributed by atoms with Crippen LogP contribution in [0.2, 0.25) is 5.02 Å². The highest BCUT2D eigenvalue weighted by molar-refractivity contribution is 7.93. The minimum Gasteiger partial charge on any atom is -0.322 e. The molecule has 0 radical (unpaired) electrons. The summed E-state index contributed by atoms with van der Waals surface area (Å²) in [5.74, 6) is -0.585. The number of alkyl halides is 3. The van der Waals surface area contributed by atoms with Crippen molar-refractivity contribution in [1.82, 2.24) is 0 Å². The van der Waals surface area contributed by atoms with E-state index in [1.807, 2.05) is 6.92 Å². The summed E-state index contributed by atoms with van der Waals surface area (Å²) in [6, 6.07) is 18.4. The number of aryl methyl sites for hydroxylation is 1. The lowest BCUT2D eigenvalue weighted by molar-refractivity contribution is -0.137. The van der Waals surface area contributed by atoms with Crippen LogP contribution in [0.1, 0.15) is 27.0 Å². The van der Waals surface area contributed by atoms with Crippen molar-refractivity contribution < 1.29 is 34.8 Å². The zero-order chi connectivity index (χ0) is 30.9. The van der Waals surface area contributed by atoms with E-state index < -0.39 is 42.7 Å². The lowest BCUT2D eigenvalue weighted by Gasteiger charge is -2.14. The topological polar surface area (TPSA) is 121 Å². The van der Waals surface area contributed by atoms with Crippen LogP contribution in [0.5, 0.6) is 0 Å². The Bertz CT molecular complexity index is 1860. The van der Waals surface area contributed by atoms with Gasteiger partial charge in [-0.3, -0.25) is 14.2 Å². The average Bonchev–Trinajstić information content (AvgIpc) is 2.90. The van der Waals surface area contributed by atoms with Gasteiger partial charge in [-0.1, -0.05) is 35.4 Å². The summed E-state index contributed by atoms with van der Waals surface area (Å²) >= 11 is 5.59. The van der Waals surface area contributed by atoms with Crippen molar-refractivity contribution in [1.29, 1.82) is 0 Å². The Hall–Kier alpha value is -4.07. The zero-order valence-corrected chi connectivity index (χ0v) is 24.3. The molecule has 0 bridgehead atoms. The molecular weight excluding hydrogens is 615 g/mol. The van der Waals surface area contributed by atoms with Gasteiger partial charge in [0.05, 0.1) is 26.1 Å². The van der Waals surface area contributed by atoms with Gasteiger partial charge >= 0.3 is 6.18 Å². The quantitative estimate of drug-likeness (QED) is 0.196. The molecule has 0 aliphatic carbocycles. The maximum absolute atomic E-state index is 13.1. The third kappa shape index (κ3) is 7.04. The van der Waals surface area contributed by atoms with Gasteiger partial charge in [0.25, 0.3) is 26.0 Å². The number of rotatable bonds is 8. The fourth-order valence-corrected chi connectivity index (χ4v) is 6.25. The van der Waals surface area contributed by atoms with Gasteiger partial charge in [0.2, 0.25) is 0 Å². The summed E-state index contributed by atoms with van der Waals surface area (Å²) in [6.45, 7) is 3.40. The van der Waals surface area contributed by atoms with Gasteiger partial charge in [0, 0.05) is 16.9 Å². The van der Waals surface area contributed by atoms with Gasteiger partial charge in [-0.15, -0.1) is 0 Å². The first kappa shape index (κ1) is 30.9. The second-order valence-electron chi connectivity index (χ2n) is 9.17. The van der Waals surface area contributed by atoms with Crippen LogP contribution in [-0.2, 0) is 26.2 Å². The van der Waals surface area contributed by atoms with Gasteiger partial charge in [-0.2, -0.15) is 13.2 Å². The Balaban J connectivity index is 1.49. The van der Waals surface area contributed by atoms with E-state index in [4.69, 9.17) is 11.6 Å². The monoisotopic (exact) mass is 637 g/mol. The normalized spacial score (nSPS) is 12.0. The summed E-state index contributed by atoms with van der Waals surface area (Å²) in [5, 5.41) is 2.04. The van der Waals surface area contributed by atoms with Crippen molar-refractivity contribution in [2.24, 2.45) is 0 Å². The molecule has 4 aromatic carbocycles. The van der Waals surface area contributed by atoms with Crippen LogP contribution in [0.25, 0.3) is 0 Å². The number of carbonyl (C=O) groups is 1. The van der Waals surface area contributed by atoms with Gasteiger partial charge in [-0.25, -0.2) is 16.8 Å². The molecule has 0 heterocycles. The van der Waals surface area contributed by atoms with Crippen LogP contribution >= 0.6 is 11.6 Å². The van der Waals surface area contributed by atoms with E-state index >= 15 is 0 Å². The summed E-state index contributed by atoms with van der Waals surface area (Å²) < 4.78 is 95.1. The fraction of sp³-hybridized carbons (Fsp3) is 0.107. The minimum atomic E-state index is -4.78. The van der Waals surface area contributed by atoms with Crippen molar-refractivity contribution in [3.8, 4) is 0 Å². The molecule has 8 nitrogen and oxygen atoms in total. The molecule has 0 aliphatic heterocycles.